The van der Waals surface area contributed by atoms with Gasteiger partial charge >= 0.3 is 5.63 Å². The Bertz CT molecular complexity index is 1090. The monoisotopic (exact) mass is 377 g/mol. The molecule has 0 aliphatic rings. The van der Waals surface area contributed by atoms with Crippen molar-refractivity contribution in [2.75, 3.05) is 5.32 Å². The summed E-state index contributed by atoms with van der Waals surface area (Å²) in [6.45, 7) is 1.60. The number of phenolic OH excluding ortho intramolecular Hbond substituents is 2. The minimum Gasteiger partial charge on any atom is -0.504 e. The highest BCUT2D eigenvalue weighted by molar-refractivity contribution is 6.31. The van der Waals surface area contributed by atoms with Crippen molar-refractivity contribution in [1.82, 2.24) is 0 Å². The standard InChI is InChI=1S/C18H13ClFNO5/c1-8-10-3-5-14(22)16(24)17(10)26-18(25)11(8)7-15(23)21-9-2-4-13(20)12(19)6-9/h2-6,22,24H,7H2,1H3,(H,21,23). The average molecular weight is 378 g/mol. The van der Waals surface area contributed by atoms with E-state index in [0.29, 0.717) is 10.9 Å². The molecule has 0 saturated carbocycles. The van der Waals surface area contributed by atoms with E-state index in [9.17, 15) is 24.2 Å². The summed E-state index contributed by atoms with van der Waals surface area (Å²) in [6, 6.07) is 6.45. The summed E-state index contributed by atoms with van der Waals surface area (Å²) in [5.41, 5.74) is -0.121. The van der Waals surface area contributed by atoms with Crippen LogP contribution in [0.5, 0.6) is 11.5 Å². The number of hydrogen-bond acceptors (Lipinski definition) is 5. The summed E-state index contributed by atoms with van der Waals surface area (Å²) >= 11 is 5.67. The van der Waals surface area contributed by atoms with Gasteiger partial charge in [-0.2, -0.15) is 0 Å². The number of anilines is 1. The van der Waals surface area contributed by atoms with Crippen molar-refractivity contribution in [3.63, 3.8) is 0 Å². The smallest absolute Gasteiger partial charge is 0.340 e. The van der Waals surface area contributed by atoms with E-state index in [1.165, 1.54) is 24.3 Å². The van der Waals surface area contributed by atoms with Crippen LogP contribution in [0.4, 0.5) is 10.1 Å². The number of carbonyl (C=O) groups is 1. The number of halogens is 2. The van der Waals surface area contributed by atoms with Crippen molar-refractivity contribution in [2.24, 2.45) is 0 Å². The van der Waals surface area contributed by atoms with Crippen LogP contribution in [-0.4, -0.2) is 16.1 Å². The van der Waals surface area contributed by atoms with Gasteiger partial charge in [0.25, 0.3) is 0 Å². The first-order chi connectivity index (χ1) is 12.3. The van der Waals surface area contributed by atoms with E-state index in [0.717, 1.165) is 6.07 Å². The molecule has 0 unspecified atom stereocenters. The van der Waals surface area contributed by atoms with Gasteiger partial charge in [-0.3, -0.25) is 4.79 Å². The minimum atomic E-state index is -0.803. The van der Waals surface area contributed by atoms with Crippen LogP contribution in [0.3, 0.4) is 0 Å². The number of rotatable bonds is 3. The largest absolute Gasteiger partial charge is 0.504 e. The molecule has 0 aliphatic carbocycles. The molecule has 0 atom stereocenters. The first-order valence-corrected chi connectivity index (χ1v) is 7.88. The van der Waals surface area contributed by atoms with Crippen molar-refractivity contribution in [3.8, 4) is 11.5 Å². The Hall–Kier alpha value is -3.06. The molecule has 3 N–H and O–H groups in total. The van der Waals surface area contributed by atoms with Gasteiger partial charge in [-0.1, -0.05) is 11.6 Å². The third-order valence-electron chi connectivity index (χ3n) is 3.95. The van der Waals surface area contributed by atoms with Crippen LogP contribution in [0.25, 0.3) is 11.0 Å². The highest BCUT2D eigenvalue weighted by Crippen LogP contribution is 2.34. The molecule has 0 bridgehead atoms. The SMILES string of the molecule is Cc1c(CC(=O)Nc2ccc(F)c(Cl)c2)c(=O)oc2c(O)c(O)ccc12. The van der Waals surface area contributed by atoms with Crippen LogP contribution in [-0.2, 0) is 11.2 Å². The zero-order valence-corrected chi connectivity index (χ0v) is 14.2. The van der Waals surface area contributed by atoms with Crippen molar-refractivity contribution < 1.29 is 23.8 Å². The van der Waals surface area contributed by atoms with Gasteiger partial charge in [-0.25, -0.2) is 9.18 Å². The number of nitrogens with one attached hydrogen (secondary N) is 1. The maximum absolute atomic E-state index is 13.2. The number of carbonyl (C=O) groups excluding carboxylic acids is 1. The molecule has 1 amide bonds. The predicted octanol–water partition coefficient (Wildman–Crippen LogP) is 3.49. The Morgan fingerprint density at radius 1 is 1.27 bits per heavy atom. The van der Waals surface area contributed by atoms with Crippen LogP contribution < -0.4 is 10.9 Å². The molecule has 1 heterocycles. The number of benzene rings is 2. The average Bonchev–Trinajstić information content (AvgIpc) is 2.58. The Morgan fingerprint density at radius 2 is 2.00 bits per heavy atom. The quantitative estimate of drug-likeness (QED) is 0.479. The third kappa shape index (κ3) is 3.21. The summed E-state index contributed by atoms with van der Waals surface area (Å²) in [5, 5.41) is 22.1. The second kappa shape index (κ2) is 6.68. The Morgan fingerprint density at radius 3 is 2.69 bits per heavy atom. The van der Waals surface area contributed by atoms with E-state index < -0.39 is 28.8 Å². The molecule has 6 nitrogen and oxygen atoms in total. The summed E-state index contributed by atoms with van der Waals surface area (Å²) in [7, 11) is 0. The molecule has 0 aliphatic heterocycles. The highest BCUT2D eigenvalue weighted by Gasteiger charge is 2.18. The van der Waals surface area contributed by atoms with Crippen LogP contribution in [0.2, 0.25) is 5.02 Å². The number of hydrogen-bond donors (Lipinski definition) is 3. The molecule has 0 radical (unpaired) electrons. The molecule has 3 rings (SSSR count). The molecular formula is C18H13ClFNO5. The lowest BCUT2D eigenvalue weighted by atomic mass is 10.0. The second-order valence-corrected chi connectivity index (χ2v) is 6.06. The van der Waals surface area contributed by atoms with Crippen LogP contribution >= 0.6 is 11.6 Å². The number of fused-ring (bicyclic) bond motifs is 1. The third-order valence-corrected chi connectivity index (χ3v) is 4.24. The predicted molar refractivity (Wildman–Crippen MR) is 94.3 cm³/mol. The van der Waals surface area contributed by atoms with Gasteiger partial charge in [0.2, 0.25) is 11.7 Å². The van der Waals surface area contributed by atoms with E-state index in [4.69, 9.17) is 16.0 Å². The van der Waals surface area contributed by atoms with Crippen molar-refractivity contribution in [2.45, 2.75) is 13.3 Å². The molecule has 0 spiro atoms. The molecule has 2 aromatic carbocycles. The zero-order chi connectivity index (χ0) is 19.0. The minimum absolute atomic E-state index is 0.105. The van der Waals surface area contributed by atoms with Gasteiger partial charge in [0.15, 0.2) is 11.3 Å². The summed E-state index contributed by atoms with van der Waals surface area (Å²) < 4.78 is 18.2. The fourth-order valence-electron chi connectivity index (χ4n) is 2.57. The normalized spacial score (nSPS) is 10.9. The van der Waals surface area contributed by atoms with Crippen molar-refractivity contribution >= 4 is 34.2 Å². The highest BCUT2D eigenvalue weighted by atomic mass is 35.5. The van der Waals surface area contributed by atoms with E-state index in [1.807, 2.05) is 0 Å². The second-order valence-electron chi connectivity index (χ2n) is 5.66. The topological polar surface area (TPSA) is 99.8 Å². The van der Waals surface area contributed by atoms with E-state index in [1.54, 1.807) is 6.92 Å². The van der Waals surface area contributed by atoms with Crippen LogP contribution in [0.15, 0.2) is 39.5 Å². The lowest BCUT2D eigenvalue weighted by Crippen LogP contribution is -2.20. The fourth-order valence-corrected chi connectivity index (χ4v) is 2.75. The number of aryl methyl sites for hydroxylation is 1. The van der Waals surface area contributed by atoms with Gasteiger partial charge in [0, 0.05) is 11.1 Å². The Kier molecular flexibility index (Phi) is 4.56. The molecule has 3 aromatic rings. The van der Waals surface area contributed by atoms with E-state index >= 15 is 0 Å². The molecular weight excluding hydrogens is 365 g/mol. The molecule has 0 fully saturated rings. The number of amides is 1. The first kappa shape index (κ1) is 17.8. The lowest BCUT2D eigenvalue weighted by Gasteiger charge is -2.10. The first-order valence-electron chi connectivity index (χ1n) is 7.50. The van der Waals surface area contributed by atoms with Gasteiger partial charge in [-0.15, -0.1) is 0 Å². The van der Waals surface area contributed by atoms with Gasteiger partial charge in [0.1, 0.15) is 5.82 Å². The molecule has 0 saturated heterocycles. The maximum Gasteiger partial charge on any atom is 0.340 e. The summed E-state index contributed by atoms with van der Waals surface area (Å²) in [6.07, 6.45) is -0.291. The summed E-state index contributed by atoms with van der Waals surface area (Å²) in [4.78, 5) is 24.4. The summed E-state index contributed by atoms with van der Waals surface area (Å²) in [5.74, 6) is -2.09. The zero-order valence-electron chi connectivity index (χ0n) is 13.5. The van der Waals surface area contributed by atoms with Gasteiger partial charge in [0.05, 0.1) is 17.0 Å². The van der Waals surface area contributed by atoms with E-state index in [-0.39, 0.29) is 28.3 Å². The number of phenols is 2. The Balaban J connectivity index is 1.93. The molecule has 26 heavy (non-hydrogen) atoms. The van der Waals surface area contributed by atoms with Crippen molar-refractivity contribution in [1.29, 1.82) is 0 Å². The van der Waals surface area contributed by atoms with Gasteiger partial charge < -0.3 is 19.9 Å². The van der Waals surface area contributed by atoms with E-state index in [2.05, 4.69) is 5.32 Å². The molecule has 134 valence electrons. The molecule has 8 heteroatoms. The number of aromatic hydroxyl groups is 2. The van der Waals surface area contributed by atoms with Crippen LogP contribution in [0.1, 0.15) is 11.1 Å². The van der Waals surface area contributed by atoms with Crippen molar-refractivity contribution in [3.05, 3.63) is 62.7 Å². The fraction of sp³-hybridized carbons (Fsp3) is 0.111. The lowest BCUT2D eigenvalue weighted by molar-refractivity contribution is -0.115. The van der Waals surface area contributed by atoms with Gasteiger partial charge in [-0.05, 0) is 42.8 Å². The Labute approximate surface area is 151 Å². The maximum atomic E-state index is 13.2. The van der Waals surface area contributed by atoms with Crippen LogP contribution in [0, 0.1) is 12.7 Å². The molecule has 1 aromatic heterocycles.